The van der Waals surface area contributed by atoms with Gasteiger partial charge in [0.05, 0.1) is 0 Å². The number of hydrogen-bond donors (Lipinski definition) is 2. The van der Waals surface area contributed by atoms with Crippen LogP contribution in [0.15, 0.2) is 71.3 Å². The standard InChI is InChI=1S/C22H19FN6O2/c23-16-10-8-15(9-11-16)21-26-20(31-29-21)7-4-14-24-19-13-12-18(27-28-19)22(30)25-17-5-2-1-3-6-17/h1-3,5-6,8-13H,4,7,14H2,(H,24,28)(H,25,30). The number of hydrogen-bond acceptors (Lipinski definition) is 7. The van der Waals surface area contributed by atoms with Crippen molar-refractivity contribution in [2.45, 2.75) is 12.8 Å². The van der Waals surface area contributed by atoms with E-state index in [0.29, 0.717) is 41.7 Å². The van der Waals surface area contributed by atoms with Gasteiger partial charge in [0.1, 0.15) is 11.6 Å². The van der Waals surface area contributed by atoms with E-state index in [1.807, 2.05) is 18.2 Å². The Balaban J connectivity index is 1.23. The zero-order valence-electron chi connectivity index (χ0n) is 16.5. The summed E-state index contributed by atoms with van der Waals surface area (Å²) in [5, 5.41) is 17.8. The molecule has 156 valence electrons. The number of nitrogens with one attached hydrogen (secondary N) is 2. The van der Waals surface area contributed by atoms with Crippen molar-refractivity contribution in [3.8, 4) is 11.4 Å². The van der Waals surface area contributed by atoms with E-state index in [4.69, 9.17) is 4.52 Å². The largest absolute Gasteiger partial charge is 0.369 e. The van der Waals surface area contributed by atoms with E-state index in [0.717, 1.165) is 6.42 Å². The number of carbonyl (C=O) groups is 1. The molecule has 1 amide bonds. The SMILES string of the molecule is O=C(Nc1ccccc1)c1ccc(NCCCc2nc(-c3ccc(F)cc3)no2)nn1. The summed E-state index contributed by atoms with van der Waals surface area (Å²) in [5.41, 5.74) is 1.62. The number of carbonyl (C=O) groups excluding carboxylic acids is 1. The summed E-state index contributed by atoms with van der Waals surface area (Å²) in [6.07, 6.45) is 1.30. The third-order valence-corrected chi connectivity index (χ3v) is 4.37. The molecule has 0 radical (unpaired) electrons. The summed E-state index contributed by atoms with van der Waals surface area (Å²) >= 11 is 0. The summed E-state index contributed by atoms with van der Waals surface area (Å²) in [5.74, 6) is 0.859. The molecule has 0 bridgehead atoms. The average Bonchev–Trinajstić information content (AvgIpc) is 3.27. The molecule has 4 aromatic rings. The lowest BCUT2D eigenvalue weighted by molar-refractivity contribution is 0.102. The Morgan fingerprint density at radius 2 is 1.77 bits per heavy atom. The third kappa shape index (κ3) is 5.47. The number of rotatable bonds is 8. The molecule has 31 heavy (non-hydrogen) atoms. The highest BCUT2D eigenvalue weighted by atomic mass is 19.1. The van der Waals surface area contributed by atoms with Gasteiger partial charge in [-0.3, -0.25) is 4.79 Å². The van der Waals surface area contributed by atoms with Crippen LogP contribution in [0.5, 0.6) is 0 Å². The zero-order valence-corrected chi connectivity index (χ0v) is 16.5. The summed E-state index contributed by atoms with van der Waals surface area (Å²) < 4.78 is 18.2. The molecule has 2 aromatic carbocycles. The highest BCUT2D eigenvalue weighted by Crippen LogP contribution is 2.16. The minimum atomic E-state index is -0.321. The van der Waals surface area contributed by atoms with Gasteiger partial charge >= 0.3 is 0 Å². The molecular formula is C22H19FN6O2. The van der Waals surface area contributed by atoms with Gasteiger partial charge in [-0.25, -0.2) is 4.39 Å². The maximum absolute atomic E-state index is 13.0. The van der Waals surface area contributed by atoms with Gasteiger partial charge in [0.25, 0.3) is 5.91 Å². The number of aryl methyl sites for hydroxylation is 1. The van der Waals surface area contributed by atoms with Crippen LogP contribution in [0.4, 0.5) is 15.9 Å². The van der Waals surface area contributed by atoms with Crippen LogP contribution in [0.25, 0.3) is 11.4 Å². The monoisotopic (exact) mass is 418 g/mol. The first kappa shape index (κ1) is 20.1. The van der Waals surface area contributed by atoms with Gasteiger partial charge in [-0.05, 0) is 55.0 Å². The lowest BCUT2D eigenvalue weighted by Gasteiger charge is -2.06. The van der Waals surface area contributed by atoms with Crippen molar-refractivity contribution >= 4 is 17.4 Å². The number of nitrogens with zero attached hydrogens (tertiary/aromatic N) is 4. The van der Waals surface area contributed by atoms with Crippen molar-refractivity contribution in [1.29, 1.82) is 0 Å². The molecule has 2 N–H and O–H groups in total. The minimum absolute atomic E-state index is 0.230. The Hall–Kier alpha value is -4.14. The van der Waals surface area contributed by atoms with Gasteiger partial charge in [-0.1, -0.05) is 23.4 Å². The van der Waals surface area contributed by atoms with E-state index in [1.165, 1.54) is 12.1 Å². The Morgan fingerprint density at radius 1 is 0.968 bits per heavy atom. The molecule has 0 fully saturated rings. The molecule has 0 aliphatic carbocycles. The lowest BCUT2D eigenvalue weighted by Crippen LogP contribution is -2.15. The van der Waals surface area contributed by atoms with Gasteiger partial charge in [-0.15, -0.1) is 10.2 Å². The summed E-state index contributed by atoms with van der Waals surface area (Å²) in [7, 11) is 0. The van der Waals surface area contributed by atoms with Crippen molar-refractivity contribution in [1.82, 2.24) is 20.3 Å². The van der Waals surface area contributed by atoms with E-state index in [-0.39, 0.29) is 17.4 Å². The number of halogens is 1. The normalized spacial score (nSPS) is 10.6. The molecule has 0 aliphatic rings. The molecule has 8 nitrogen and oxygen atoms in total. The highest BCUT2D eigenvalue weighted by Gasteiger charge is 2.10. The van der Waals surface area contributed by atoms with Gasteiger partial charge in [0.2, 0.25) is 11.7 Å². The minimum Gasteiger partial charge on any atom is -0.369 e. The average molecular weight is 418 g/mol. The van der Waals surface area contributed by atoms with E-state index in [2.05, 4.69) is 31.0 Å². The molecule has 0 unspecified atom stereocenters. The summed E-state index contributed by atoms with van der Waals surface area (Å²) in [6, 6.07) is 18.4. The number of para-hydroxylation sites is 1. The molecule has 9 heteroatoms. The molecule has 0 saturated heterocycles. The van der Waals surface area contributed by atoms with Crippen LogP contribution in [-0.4, -0.2) is 32.8 Å². The van der Waals surface area contributed by atoms with E-state index in [1.54, 1.807) is 36.4 Å². The fourth-order valence-corrected chi connectivity index (χ4v) is 2.79. The topological polar surface area (TPSA) is 106 Å². The van der Waals surface area contributed by atoms with Crippen LogP contribution in [0.2, 0.25) is 0 Å². The molecule has 2 heterocycles. The van der Waals surface area contributed by atoms with Crippen LogP contribution >= 0.6 is 0 Å². The zero-order chi connectivity index (χ0) is 21.5. The van der Waals surface area contributed by atoms with Gasteiger partial charge in [-0.2, -0.15) is 4.98 Å². The predicted molar refractivity (Wildman–Crippen MR) is 113 cm³/mol. The quantitative estimate of drug-likeness (QED) is 0.417. The fraction of sp³-hybridized carbons (Fsp3) is 0.136. The van der Waals surface area contributed by atoms with E-state index >= 15 is 0 Å². The van der Waals surface area contributed by atoms with Crippen molar-refractivity contribution < 1.29 is 13.7 Å². The first-order valence-electron chi connectivity index (χ1n) is 9.70. The second-order valence-corrected chi connectivity index (χ2v) is 6.67. The predicted octanol–water partition coefficient (Wildman–Crippen LogP) is 3.96. The molecule has 2 aromatic heterocycles. The molecule has 0 atom stereocenters. The van der Waals surface area contributed by atoms with Crippen LogP contribution in [-0.2, 0) is 6.42 Å². The van der Waals surface area contributed by atoms with Crippen molar-refractivity contribution in [2.24, 2.45) is 0 Å². The maximum atomic E-state index is 13.0. The van der Waals surface area contributed by atoms with Crippen LogP contribution in [0, 0.1) is 5.82 Å². The van der Waals surface area contributed by atoms with Gasteiger partial charge < -0.3 is 15.2 Å². The lowest BCUT2D eigenvalue weighted by atomic mass is 10.2. The fourth-order valence-electron chi connectivity index (χ4n) is 2.79. The number of amides is 1. The van der Waals surface area contributed by atoms with E-state index in [9.17, 15) is 9.18 Å². The second kappa shape index (κ2) is 9.57. The van der Waals surface area contributed by atoms with Gasteiger partial charge in [0.15, 0.2) is 5.69 Å². The van der Waals surface area contributed by atoms with E-state index < -0.39 is 0 Å². The van der Waals surface area contributed by atoms with Crippen molar-refractivity contribution in [2.75, 3.05) is 17.2 Å². The van der Waals surface area contributed by atoms with Gasteiger partial charge in [0, 0.05) is 24.2 Å². The Bertz CT molecular complexity index is 1130. The molecule has 0 aliphatic heterocycles. The van der Waals surface area contributed by atoms with Crippen LogP contribution in [0.1, 0.15) is 22.8 Å². The highest BCUT2D eigenvalue weighted by molar-refractivity contribution is 6.02. The molecule has 0 spiro atoms. The maximum Gasteiger partial charge on any atom is 0.276 e. The summed E-state index contributed by atoms with van der Waals surface area (Å²) in [6.45, 7) is 0.610. The molecular weight excluding hydrogens is 399 g/mol. The smallest absolute Gasteiger partial charge is 0.276 e. The third-order valence-electron chi connectivity index (χ3n) is 4.37. The first-order valence-corrected chi connectivity index (χ1v) is 9.70. The Kier molecular flexibility index (Phi) is 6.22. The Morgan fingerprint density at radius 3 is 2.52 bits per heavy atom. The van der Waals surface area contributed by atoms with Crippen molar-refractivity contribution in [3.63, 3.8) is 0 Å². The molecule has 0 saturated carbocycles. The number of anilines is 2. The second-order valence-electron chi connectivity index (χ2n) is 6.67. The molecule has 4 rings (SSSR count). The number of benzene rings is 2. The summed E-state index contributed by atoms with van der Waals surface area (Å²) in [4.78, 5) is 16.5. The van der Waals surface area contributed by atoms with Crippen LogP contribution in [0.3, 0.4) is 0 Å². The first-order chi connectivity index (χ1) is 15.2. The van der Waals surface area contributed by atoms with Crippen molar-refractivity contribution in [3.05, 3.63) is 84.1 Å². The Labute approximate surface area is 177 Å². The number of aromatic nitrogens is 4. The van der Waals surface area contributed by atoms with Crippen LogP contribution < -0.4 is 10.6 Å².